The van der Waals surface area contributed by atoms with Crippen molar-refractivity contribution in [2.75, 3.05) is 14.2 Å². The van der Waals surface area contributed by atoms with Crippen LogP contribution in [-0.2, 0) is 6.54 Å². The van der Waals surface area contributed by atoms with Crippen LogP contribution in [0.2, 0.25) is 0 Å². The fraction of sp³-hybridized carbons (Fsp3) is 0.429. The van der Waals surface area contributed by atoms with E-state index in [4.69, 9.17) is 15.2 Å². The fourth-order valence-corrected chi connectivity index (χ4v) is 2.18. The van der Waals surface area contributed by atoms with Crippen LogP contribution in [0.4, 0.5) is 0 Å². The molecule has 2 aromatic rings. The Morgan fingerprint density at radius 2 is 2.00 bits per heavy atom. The summed E-state index contributed by atoms with van der Waals surface area (Å²) in [7, 11) is 3.24. The third kappa shape index (κ3) is 2.46. The Bertz CT molecular complexity index is 593. The van der Waals surface area contributed by atoms with Gasteiger partial charge in [0.2, 0.25) is 0 Å². The lowest BCUT2D eigenvalue weighted by Gasteiger charge is -2.14. The Morgan fingerprint density at radius 1 is 1.25 bits per heavy atom. The van der Waals surface area contributed by atoms with Gasteiger partial charge in [0.1, 0.15) is 22.9 Å². The van der Waals surface area contributed by atoms with E-state index in [1.165, 1.54) is 0 Å². The first-order valence-electron chi connectivity index (χ1n) is 6.49. The number of benzene rings is 1. The minimum Gasteiger partial charge on any atom is -0.497 e. The zero-order chi connectivity index (χ0) is 14.7. The van der Waals surface area contributed by atoms with Gasteiger partial charge in [-0.2, -0.15) is 0 Å². The van der Waals surface area contributed by atoms with Crippen molar-refractivity contribution in [2.45, 2.75) is 26.3 Å². The van der Waals surface area contributed by atoms with Crippen molar-refractivity contribution in [1.29, 1.82) is 0 Å². The predicted octanol–water partition coefficient (Wildman–Crippen LogP) is 1.87. The molecule has 1 aromatic heterocycles. The van der Waals surface area contributed by atoms with E-state index in [1.54, 1.807) is 18.9 Å². The Hall–Kier alpha value is -2.08. The molecule has 0 fully saturated rings. The summed E-state index contributed by atoms with van der Waals surface area (Å²) < 4.78 is 12.4. The molecule has 6 nitrogen and oxygen atoms in total. The number of methoxy groups -OCH3 is 2. The van der Waals surface area contributed by atoms with Crippen LogP contribution in [0.5, 0.6) is 11.5 Å². The largest absolute Gasteiger partial charge is 0.497 e. The van der Waals surface area contributed by atoms with Crippen LogP contribution >= 0.6 is 0 Å². The van der Waals surface area contributed by atoms with Crippen molar-refractivity contribution >= 4 is 0 Å². The smallest absolute Gasteiger partial charge is 0.148 e. The van der Waals surface area contributed by atoms with Gasteiger partial charge < -0.3 is 15.2 Å². The van der Waals surface area contributed by atoms with Gasteiger partial charge in [-0.3, -0.25) is 0 Å². The number of hydrogen-bond acceptors (Lipinski definition) is 5. The second kappa shape index (κ2) is 5.92. The van der Waals surface area contributed by atoms with Gasteiger partial charge in [-0.15, -0.1) is 5.10 Å². The van der Waals surface area contributed by atoms with Crippen molar-refractivity contribution in [2.24, 2.45) is 5.73 Å². The highest BCUT2D eigenvalue weighted by molar-refractivity contribution is 5.51. The third-order valence-electron chi connectivity index (χ3n) is 3.13. The molecule has 0 aliphatic carbocycles. The van der Waals surface area contributed by atoms with E-state index < -0.39 is 0 Å². The van der Waals surface area contributed by atoms with Crippen molar-refractivity contribution in [3.63, 3.8) is 0 Å². The van der Waals surface area contributed by atoms with Gasteiger partial charge in [0.05, 0.1) is 19.9 Å². The number of aromatic nitrogens is 3. The van der Waals surface area contributed by atoms with Crippen LogP contribution in [0.1, 0.15) is 31.2 Å². The summed E-state index contributed by atoms with van der Waals surface area (Å²) in [6, 6.07) is 5.59. The molecule has 20 heavy (non-hydrogen) atoms. The Morgan fingerprint density at radius 3 is 2.55 bits per heavy atom. The van der Waals surface area contributed by atoms with Crippen LogP contribution in [0, 0.1) is 0 Å². The molecule has 0 bridgehead atoms. The lowest BCUT2D eigenvalue weighted by molar-refractivity contribution is 0.392. The van der Waals surface area contributed by atoms with Gasteiger partial charge in [-0.1, -0.05) is 19.1 Å². The van der Waals surface area contributed by atoms with Gasteiger partial charge in [0.15, 0.2) is 0 Å². The fourth-order valence-electron chi connectivity index (χ4n) is 2.18. The summed E-state index contributed by atoms with van der Waals surface area (Å²) in [6.45, 7) is 4.54. The van der Waals surface area contributed by atoms with Gasteiger partial charge in [-0.25, -0.2) is 4.68 Å². The van der Waals surface area contributed by atoms with E-state index >= 15 is 0 Å². The number of nitrogens with two attached hydrogens (primary N) is 1. The first-order chi connectivity index (χ1) is 9.62. The summed E-state index contributed by atoms with van der Waals surface area (Å²) in [4.78, 5) is 0. The summed E-state index contributed by atoms with van der Waals surface area (Å²) in [6.07, 6.45) is 0. The van der Waals surface area contributed by atoms with Crippen molar-refractivity contribution in [1.82, 2.24) is 15.0 Å². The summed E-state index contributed by atoms with van der Waals surface area (Å²) in [5.74, 6) is 1.67. The van der Waals surface area contributed by atoms with Gasteiger partial charge in [-0.05, 0) is 18.1 Å². The highest BCUT2D eigenvalue weighted by Crippen LogP contribution is 2.30. The van der Waals surface area contributed by atoms with E-state index in [9.17, 15) is 0 Å². The van der Waals surface area contributed by atoms with Crippen molar-refractivity contribution in [3.8, 4) is 17.2 Å². The SMILES string of the molecule is COc1ccc(-n2nnc(CN)c2C(C)C)c(OC)c1. The first kappa shape index (κ1) is 14.3. The number of nitrogens with zero attached hydrogens (tertiary/aromatic N) is 3. The molecule has 108 valence electrons. The molecule has 0 unspecified atom stereocenters. The molecule has 0 saturated carbocycles. The zero-order valence-corrected chi connectivity index (χ0v) is 12.3. The minimum absolute atomic E-state index is 0.260. The van der Waals surface area contributed by atoms with Crippen LogP contribution < -0.4 is 15.2 Å². The Balaban J connectivity index is 2.59. The number of hydrogen-bond donors (Lipinski definition) is 1. The average molecular weight is 276 g/mol. The molecule has 0 radical (unpaired) electrons. The highest BCUT2D eigenvalue weighted by Gasteiger charge is 2.19. The molecule has 1 aromatic carbocycles. The van der Waals surface area contributed by atoms with Crippen LogP contribution in [-0.4, -0.2) is 29.2 Å². The van der Waals surface area contributed by atoms with E-state index in [0.29, 0.717) is 12.3 Å². The van der Waals surface area contributed by atoms with Crippen LogP contribution in [0.3, 0.4) is 0 Å². The summed E-state index contributed by atoms with van der Waals surface area (Å²) in [5.41, 5.74) is 8.35. The molecule has 0 aliphatic rings. The quantitative estimate of drug-likeness (QED) is 0.902. The van der Waals surface area contributed by atoms with Gasteiger partial charge in [0.25, 0.3) is 0 Å². The molecule has 0 spiro atoms. The van der Waals surface area contributed by atoms with Gasteiger partial charge >= 0.3 is 0 Å². The molecule has 6 heteroatoms. The maximum Gasteiger partial charge on any atom is 0.148 e. The topological polar surface area (TPSA) is 75.2 Å². The molecule has 1 heterocycles. The van der Waals surface area contributed by atoms with E-state index in [1.807, 2.05) is 18.2 Å². The molecule has 2 N–H and O–H groups in total. The maximum atomic E-state index is 5.73. The van der Waals surface area contributed by atoms with Crippen LogP contribution in [0.15, 0.2) is 18.2 Å². The van der Waals surface area contributed by atoms with Gasteiger partial charge in [0, 0.05) is 12.6 Å². The van der Waals surface area contributed by atoms with E-state index in [2.05, 4.69) is 24.2 Å². The lowest BCUT2D eigenvalue weighted by Crippen LogP contribution is -2.09. The first-order valence-corrected chi connectivity index (χ1v) is 6.49. The molecular formula is C14H20N4O2. The Labute approximate surface area is 118 Å². The van der Waals surface area contributed by atoms with Crippen molar-refractivity contribution < 1.29 is 9.47 Å². The lowest BCUT2D eigenvalue weighted by atomic mass is 10.1. The zero-order valence-electron chi connectivity index (χ0n) is 12.3. The monoisotopic (exact) mass is 276 g/mol. The van der Waals surface area contributed by atoms with Crippen LogP contribution in [0.25, 0.3) is 5.69 Å². The minimum atomic E-state index is 0.260. The standard InChI is InChI=1S/C14H20N4O2/c1-9(2)14-11(8-15)16-17-18(14)12-6-5-10(19-3)7-13(12)20-4/h5-7,9H,8,15H2,1-4H3. The number of rotatable bonds is 5. The van der Waals surface area contributed by atoms with Crippen molar-refractivity contribution in [3.05, 3.63) is 29.6 Å². The highest BCUT2D eigenvalue weighted by atomic mass is 16.5. The average Bonchev–Trinajstić information content (AvgIpc) is 2.90. The molecule has 0 aliphatic heterocycles. The molecule has 0 atom stereocenters. The predicted molar refractivity (Wildman–Crippen MR) is 76.4 cm³/mol. The second-order valence-electron chi connectivity index (χ2n) is 4.73. The molecular weight excluding hydrogens is 256 g/mol. The summed E-state index contributed by atoms with van der Waals surface area (Å²) in [5, 5.41) is 8.36. The second-order valence-corrected chi connectivity index (χ2v) is 4.73. The van der Waals surface area contributed by atoms with E-state index in [0.717, 1.165) is 22.8 Å². The number of ether oxygens (including phenoxy) is 2. The third-order valence-corrected chi connectivity index (χ3v) is 3.13. The van der Waals surface area contributed by atoms with E-state index in [-0.39, 0.29) is 5.92 Å². The Kier molecular flexibility index (Phi) is 4.24. The molecule has 2 rings (SSSR count). The summed E-state index contributed by atoms with van der Waals surface area (Å²) >= 11 is 0. The normalized spacial score (nSPS) is 10.9. The maximum absolute atomic E-state index is 5.73. The molecule has 0 saturated heterocycles. The molecule has 0 amide bonds.